The SMILES string of the molecule is C=C1C=CC2(C1)OCOCC(C)(C)CO2. The molecule has 1 unspecified atom stereocenters. The molecule has 0 aromatic carbocycles. The van der Waals surface area contributed by atoms with E-state index in [9.17, 15) is 0 Å². The van der Waals surface area contributed by atoms with Gasteiger partial charge in [-0.2, -0.15) is 0 Å². The molecule has 15 heavy (non-hydrogen) atoms. The van der Waals surface area contributed by atoms with Gasteiger partial charge < -0.3 is 14.2 Å². The van der Waals surface area contributed by atoms with Crippen molar-refractivity contribution in [1.82, 2.24) is 0 Å². The predicted molar refractivity (Wildman–Crippen MR) is 57.3 cm³/mol. The van der Waals surface area contributed by atoms with Crippen LogP contribution < -0.4 is 0 Å². The smallest absolute Gasteiger partial charge is 0.194 e. The van der Waals surface area contributed by atoms with Gasteiger partial charge in [0.05, 0.1) is 13.2 Å². The minimum atomic E-state index is -0.630. The average Bonchev–Trinajstić information content (AvgIpc) is 2.52. The number of hydrogen-bond donors (Lipinski definition) is 0. The molecule has 0 saturated carbocycles. The van der Waals surface area contributed by atoms with Crippen LogP contribution in [-0.2, 0) is 14.2 Å². The first kappa shape index (κ1) is 10.9. The first-order chi connectivity index (χ1) is 7.02. The summed E-state index contributed by atoms with van der Waals surface area (Å²) in [7, 11) is 0. The van der Waals surface area contributed by atoms with Gasteiger partial charge in [0.1, 0.15) is 0 Å². The van der Waals surface area contributed by atoms with E-state index in [-0.39, 0.29) is 12.2 Å². The Hall–Kier alpha value is -0.640. The van der Waals surface area contributed by atoms with Gasteiger partial charge >= 0.3 is 0 Å². The van der Waals surface area contributed by atoms with Gasteiger partial charge in [-0.1, -0.05) is 26.5 Å². The van der Waals surface area contributed by atoms with Gasteiger partial charge in [-0.25, -0.2) is 0 Å². The Balaban J connectivity index is 2.07. The Kier molecular flexibility index (Phi) is 2.71. The van der Waals surface area contributed by atoms with Crippen molar-refractivity contribution in [3.05, 3.63) is 24.3 Å². The minimum absolute atomic E-state index is 0.0363. The molecule has 0 bridgehead atoms. The third-order valence-corrected chi connectivity index (χ3v) is 2.63. The van der Waals surface area contributed by atoms with Crippen molar-refractivity contribution >= 4 is 0 Å². The van der Waals surface area contributed by atoms with Crippen LogP contribution in [0.4, 0.5) is 0 Å². The molecule has 84 valence electrons. The van der Waals surface area contributed by atoms with Crippen molar-refractivity contribution in [3.63, 3.8) is 0 Å². The molecule has 3 nitrogen and oxygen atoms in total. The van der Waals surface area contributed by atoms with Crippen LogP contribution >= 0.6 is 0 Å². The molecule has 1 aliphatic carbocycles. The van der Waals surface area contributed by atoms with E-state index in [0.717, 1.165) is 5.57 Å². The molecule has 1 atom stereocenters. The summed E-state index contributed by atoms with van der Waals surface area (Å²) in [6.07, 6.45) is 4.58. The molecule has 0 N–H and O–H groups in total. The van der Waals surface area contributed by atoms with Gasteiger partial charge in [-0.05, 0) is 11.6 Å². The van der Waals surface area contributed by atoms with E-state index in [1.807, 2.05) is 12.2 Å². The largest absolute Gasteiger partial charge is 0.355 e. The molecule has 1 heterocycles. The van der Waals surface area contributed by atoms with Gasteiger partial charge in [0, 0.05) is 11.8 Å². The van der Waals surface area contributed by atoms with Crippen LogP contribution in [0.25, 0.3) is 0 Å². The highest BCUT2D eigenvalue weighted by Gasteiger charge is 2.37. The Morgan fingerprint density at radius 1 is 1.27 bits per heavy atom. The highest BCUT2D eigenvalue weighted by atomic mass is 16.8. The molecule has 1 aliphatic heterocycles. The molecule has 2 aliphatic rings. The quantitative estimate of drug-likeness (QED) is 0.613. The van der Waals surface area contributed by atoms with Crippen LogP contribution in [0.5, 0.6) is 0 Å². The zero-order valence-electron chi connectivity index (χ0n) is 9.41. The van der Waals surface area contributed by atoms with Crippen molar-refractivity contribution in [2.45, 2.75) is 26.1 Å². The van der Waals surface area contributed by atoms with E-state index in [1.54, 1.807) is 0 Å². The van der Waals surface area contributed by atoms with Crippen LogP contribution in [0.15, 0.2) is 24.3 Å². The predicted octanol–water partition coefficient (Wildman–Crippen LogP) is 2.25. The Morgan fingerprint density at radius 2 is 2.07 bits per heavy atom. The molecule has 0 radical (unpaired) electrons. The molecule has 1 fully saturated rings. The van der Waals surface area contributed by atoms with Gasteiger partial charge in [0.2, 0.25) is 0 Å². The lowest BCUT2D eigenvalue weighted by Gasteiger charge is -2.36. The molecule has 0 amide bonds. The lowest BCUT2D eigenvalue weighted by Crippen LogP contribution is -2.41. The highest BCUT2D eigenvalue weighted by Crippen LogP contribution is 2.34. The van der Waals surface area contributed by atoms with Gasteiger partial charge in [-0.15, -0.1) is 0 Å². The second-order valence-corrected chi connectivity index (χ2v) is 5.04. The Labute approximate surface area is 90.7 Å². The van der Waals surface area contributed by atoms with E-state index in [0.29, 0.717) is 19.6 Å². The second-order valence-electron chi connectivity index (χ2n) is 5.04. The van der Waals surface area contributed by atoms with Crippen LogP contribution in [0.1, 0.15) is 20.3 Å². The number of hydrogen-bond acceptors (Lipinski definition) is 3. The number of ether oxygens (including phenoxy) is 3. The molecular weight excluding hydrogens is 192 g/mol. The van der Waals surface area contributed by atoms with Crippen molar-refractivity contribution in [1.29, 1.82) is 0 Å². The zero-order valence-corrected chi connectivity index (χ0v) is 9.41. The van der Waals surface area contributed by atoms with E-state index in [1.165, 1.54) is 0 Å². The third kappa shape index (κ3) is 2.48. The third-order valence-electron chi connectivity index (χ3n) is 2.63. The summed E-state index contributed by atoms with van der Waals surface area (Å²) in [5.74, 6) is -0.630. The fraction of sp³-hybridized carbons (Fsp3) is 0.667. The summed E-state index contributed by atoms with van der Waals surface area (Å²) in [5.41, 5.74) is 1.07. The first-order valence-electron chi connectivity index (χ1n) is 5.24. The van der Waals surface area contributed by atoms with Crippen molar-refractivity contribution < 1.29 is 14.2 Å². The summed E-state index contributed by atoms with van der Waals surface area (Å²) in [6, 6.07) is 0. The summed E-state index contributed by atoms with van der Waals surface area (Å²) in [5, 5.41) is 0. The number of rotatable bonds is 0. The maximum Gasteiger partial charge on any atom is 0.194 e. The number of allylic oxidation sites excluding steroid dienone is 1. The van der Waals surface area contributed by atoms with Gasteiger partial charge in [0.25, 0.3) is 0 Å². The monoisotopic (exact) mass is 210 g/mol. The Bertz CT molecular complexity index is 293. The van der Waals surface area contributed by atoms with Crippen LogP contribution in [-0.4, -0.2) is 25.8 Å². The van der Waals surface area contributed by atoms with Crippen LogP contribution in [0, 0.1) is 5.41 Å². The lowest BCUT2D eigenvalue weighted by molar-refractivity contribution is -0.276. The first-order valence-corrected chi connectivity index (χ1v) is 5.24. The van der Waals surface area contributed by atoms with Crippen molar-refractivity contribution in [2.24, 2.45) is 5.41 Å². The molecule has 2 rings (SSSR count). The Morgan fingerprint density at radius 3 is 2.73 bits per heavy atom. The van der Waals surface area contributed by atoms with Crippen LogP contribution in [0.3, 0.4) is 0 Å². The highest BCUT2D eigenvalue weighted by molar-refractivity contribution is 5.27. The average molecular weight is 210 g/mol. The molecule has 3 heteroatoms. The molecule has 1 saturated heterocycles. The van der Waals surface area contributed by atoms with Crippen molar-refractivity contribution in [2.75, 3.05) is 20.0 Å². The van der Waals surface area contributed by atoms with E-state index in [4.69, 9.17) is 14.2 Å². The summed E-state index contributed by atoms with van der Waals surface area (Å²) in [6.45, 7) is 9.72. The van der Waals surface area contributed by atoms with E-state index in [2.05, 4.69) is 20.4 Å². The molecular formula is C12H18O3. The van der Waals surface area contributed by atoms with Crippen molar-refractivity contribution in [3.8, 4) is 0 Å². The normalized spacial score (nSPS) is 35.5. The minimum Gasteiger partial charge on any atom is -0.355 e. The molecule has 1 spiro atoms. The lowest BCUT2D eigenvalue weighted by atomic mass is 9.96. The summed E-state index contributed by atoms with van der Waals surface area (Å²) < 4.78 is 16.9. The van der Waals surface area contributed by atoms with E-state index >= 15 is 0 Å². The van der Waals surface area contributed by atoms with Crippen LogP contribution in [0.2, 0.25) is 0 Å². The maximum atomic E-state index is 5.87. The maximum absolute atomic E-state index is 5.87. The van der Waals surface area contributed by atoms with Gasteiger partial charge in [-0.3, -0.25) is 0 Å². The zero-order chi connectivity index (χ0) is 10.9. The summed E-state index contributed by atoms with van der Waals surface area (Å²) >= 11 is 0. The fourth-order valence-electron chi connectivity index (χ4n) is 1.74. The summed E-state index contributed by atoms with van der Waals surface area (Å²) in [4.78, 5) is 0. The van der Waals surface area contributed by atoms with E-state index < -0.39 is 5.79 Å². The molecule has 0 aromatic rings. The van der Waals surface area contributed by atoms with Gasteiger partial charge in [0.15, 0.2) is 12.6 Å². The standard InChI is InChI=1S/C12H18O3/c1-10-4-5-12(6-10)14-8-11(2,3)7-13-9-15-12/h4-5H,1,6-9H2,2-3H3. The molecule has 0 aromatic heterocycles. The fourth-order valence-corrected chi connectivity index (χ4v) is 1.74. The topological polar surface area (TPSA) is 27.7 Å². The second kappa shape index (κ2) is 3.74.